The van der Waals surface area contributed by atoms with E-state index in [2.05, 4.69) is 5.10 Å². The van der Waals surface area contributed by atoms with Crippen molar-refractivity contribution in [2.24, 2.45) is 16.3 Å². The molecule has 6 heteroatoms. The topological polar surface area (TPSA) is 113 Å². The first-order valence-electron chi connectivity index (χ1n) is 7.84. The molecule has 1 heterocycles. The van der Waals surface area contributed by atoms with Gasteiger partial charge in [-0.15, -0.1) is 0 Å². The van der Waals surface area contributed by atoms with Gasteiger partial charge in [0.15, 0.2) is 0 Å². The van der Waals surface area contributed by atoms with E-state index in [4.69, 9.17) is 5.73 Å². The molecule has 1 aliphatic heterocycles. The fourth-order valence-corrected chi connectivity index (χ4v) is 3.00. The monoisotopic (exact) mass is 338 g/mol. The summed E-state index contributed by atoms with van der Waals surface area (Å²) in [5, 5.41) is 34.9. The lowest BCUT2D eigenvalue weighted by molar-refractivity contribution is 0.242. The Morgan fingerprint density at radius 1 is 0.962 bits per heavy atom. The van der Waals surface area contributed by atoms with Gasteiger partial charge < -0.3 is 5.73 Å². The Morgan fingerprint density at radius 3 is 2.08 bits per heavy atom. The van der Waals surface area contributed by atoms with Crippen molar-refractivity contribution in [3.63, 3.8) is 0 Å². The van der Waals surface area contributed by atoms with Gasteiger partial charge in [-0.05, 0) is 11.1 Å². The van der Waals surface area contributed by atoms with E-state index in [0.717, 1.165) is 5.56 Å². The molecule has 0 spiro atoms. The molecular weight excluding hydrogens is 324 g/mol. The second-order valence-electron chi connectivity index (χ2n) is 5.72. The molecule has 1 atom stereocenters. The van der Waals surface area contributed by atoms with Crippen LogP contribution in [0.3, 0.4) is 0 Å². The second kappa shape index (κ2) is 6.81. The highest BCUT2D eigenvalue weighted by atomic mass is 15.5. The van der Waals surface area contributed by atoms with E-state index in [9.17, 15) is 15.8 Å². The molecular formula is C20H14N6. The van der Waals surface area contributed by atoms with Crippen molar-refractivity contribution in [2.75, 3.05) is 0 Å². The van der Waals surface area contributed by atoms with Crippen LogP contribution in [0.15, 0.2) is 77.2 Å². The van der Waals surface area contributed by atoms with Gasteiger partial charge in [0.1, 0.15) is 23.5 Å². The van der Waals surface area contributed by atoms with Crippen LogP contribution >= 0.6 is 0 Å². The summed E-state index contributed by atoms with van der Waals surface area (Å²) < 4.78 is 0. The van der Waals surface area contributed by atoms with E-state index in [1.54, 1.807) is 30.5 Å². The highest BCUT2D eigenvalue weighted by Crippen LogP contribution is 2.50. The second-order valence-corrected chi connectivity index (χ2v) is 5.72. The fourth-order valence-electron chi connectivity index (χ4n) is 3.00. The van der Waals surface area contributed by atoms with Crippen molar-refractivity contribution in [3.8, 4) is 18.2 Å². The minimum atomic E-state index is -1.73. The van der Waals surface area contributed by atoms with Crippen LogP contribution in [0.5, 0.6) is 0 Å². The first kappa shape index (κ1) is 16.8. The number of rotatable bonds is 3. The maximum Gasteiger partial charge on any atom is 0.208 e. The molecule has 0 saturated heterocycles. The molecule has 1 aliphatic rings. The normalized spacial score (nSPS) is 18.3. The Hall–Kier alpha value is -4.08. The van der Waals surface area contributed by atoms with E-state index in [-0.39, 0.29) is 11.4 Å². The van der Waals surface area contributed by atoms with Crippen LogP contribution in [0.2, 0.25) is 0 Å². The Labute approximate surface area is 151 Å². The first-order valence-corrected chi connectivity index (χ1v) is 7.84. The number of hydrazone groups is 1. The molecule has 2 aromatic rings. The summed E-state index contributed by atoms with van der Waals surface area (Å²) in [7, 11) is 0. The van der Waals surface area contributed by atoms with Gasteiger partial charge in [-0.25, -0.2) is 5.01 Å². The third kappa shape index (κ3) is 2.55. The smallest absolute Gasteiger partial charge is 0.208 e. The van der Waals surface area contributed by atoms with Gasteiger partial charge in [0.25, 0.3) is 0 Å². The molecule has 0 aromatic heterocycles. The Morgan fingerprint density at radius 2 is 1.54 bits per heavy atom. The van der Waals surface area contributed by atoms with Gasteiger partial charge in [-0.2, -0.15) is 20.9 Å². The molecule has 0 aliphatic carbocycles. The zero-order chi connectivity index (χ0) is 18.6. The van der Waals surface area contributed by atoms with E-state index in [0.29, 0.717) is 5.56 Å². The molecule has 0 amide bonds. The van der Waals surface area contributed by atoms with Crippen LogP contribution < -0.4 is 5.73 Å². The summed E-state index contributed by atoms with van der Waals surface area (Å²) >= 11 is 0. The number of nitrogens with two attached hydrogens (primary N) is 1. The molecule has 6 nitrogen and oxygen atoms in total. The van der Waals surface area contributed by atoms with E-state index < -0.39 is 11.5 Å². The van der Waals surface area contributed by atoms with Crippen molar-refractivity contribution in [2.45, 2.75) is 6.04 Å². The molecule has 3 rings (SSSR count). The Balaban J connectivity index is 2.16. The zero-order valence-corrected chi connectivity index (χ0v) is 13.7. The van der Waals surface area contributed by atoms with E-state index in [1.807, 2.05) is 54.6 Å². The minimum Gasteiger partial charge on any atom is -0.383 e. The van der Waals surface area contributed by atoms with E-state index in [1.165, 1.54) is 5.01 Å². The molecule has 0 saturated carbocycles. The zero-order valence-electron chi connectivity index (χ0n) is 13.7. The van der Waals surface area contributed by atoms with Crippen molar-refractivity contribution in [3.05, 3.63) is 83.2 Å². The number of nitrogens with zero attached hydrogens (tertiary/aromatic N) is 5. The summed E-state index contributed by atoms with van der Waals surface area (Å²) in [6.07, 6.45) is 1.59. The van der Waals surface area contributed by atoms with Gasteiger partial charge in [0.05, 0.1) is 18.4 Å². The largest absolute Gasteiger partial charge is 0.383 e. The van der Waals surface area contributed by atoms with Gasteiger partial charge in [0.2, 0.25) is 5.41 Å². The summed E-state index contributed by atoms with van der Waals surface area (Å²) in [5.41, 5.74) is 5.82. The number of hydrogen-bond donors (Lipinski definition) is 1. The van der Waals surface area contributed by atoms with Crippen LogP contribution in [-0.2, 0) is 0 Å². The van der Waals surface area contributed by atoms with Crippen molar-refractivity contribution >= 4 is 6.21 Å². The highest BCUT2D eigenvalue weighted by Gasteiger charge is 2.55. The van der Waals surface area contributed by atoms with E-state index >= 15 is 0 Å². The van der Waals surface area contributed by atoms with Gasteiger partial charge in [-0.3, -0.25) is 0 Å². The molecule has 1 unspecified atom stereocenters. The lowest BCUT2D eigenvalue weighted by Gasteiger charge is -2.28. The predicted octanol–water partition coefficient (Wildman–Crippen LogP) is 2.80. The van der Waals surface area contributed by atoms with Gasteiger partial charge in [-0.1, -0.05) is 60.7 Å². The third-order valence-corrected chi connectivity index (χ3v) is 4.26. The Bertz CT molecular complexity index is 973. The van der Waals surface area contributed by atoms with Crippen LogP contribution in [-0.4, -0.2) is 11.2 Å². The van der Waals surface area contributed by atoms with Crippen LogP contribution in [0.4, 0.5) is 0 Å². The fraction of sp³-hybridized carbons (Fsp3) is 0.100. The molecule has 0 bridgehead atoms. The van der Waals surface area contributed by atoms with Crippen LogP contribution in [0, 0.1) is 39.4 Å². The quantitative estimate of drug-likeness (QED) is 0.865. The average molecular weight is 338 g/mol. The van der Waals surface area contributed by atoms with Crippen molar-refractivity contribution < 1.29 is 0 Å². The standard InChI is InChI=1S/C20H14N6/c21-11-17-19(24)26(25-12-15-7-3-1-4-8-15)18(20(17,13-22)14-23)16-9-5-2-6-10-16/h1-10,12,18H,24H2. The number of hydrogen-bond acceptors (Lipinski definition) is 6. The average Bonchev–Trinajstić information content (AvgIpc) is 2.95. The summed E-state index contributed by atoms with van der Waals surface area (Å²) in [5.74, 6) is 0.0108. The molecule has 2 N–H and O–H groups in total. The van der Waals surface area contributed by atoms with Gasteiger partial charge >= 0.3 is 0 Å². The minimum absolute atomic E-state index is 0.0108. The molecule has 0 radical (unpaired) electrons. The Kier molecular flexibility index (Phi) is 4.39. The predicted molar refractivity (Wildman–Crippen MR) is 95.5 cm³/mol. The molecule has 0 fully saturated rings. The molecule has 26 heavy (non-hydrogen) atoms. The van der Waals surface area contributed by atoms with Crippen molar-refractivity contribution in [1.82, 2.24) is 5.01 Å². The SMILES string of the molecule is N#CC1=C(N)N(N=Cc2ccccc2)C(c2ccccc2)C1(C#N)C#N. The van der Waals surface area contributed by atoms with Crippen LogP contribution in [0.25, 0.3) is 0 Å². The summed E-state index contributed by atoms with van der Waals surface area (Å²) in [6.45, 7) is 0. The van der Waals surface area contributed by atoms with Crippen LogP contribution in [0.1, 0.15) is 17.2 Å². The highest BCUT2D eigenvalue weighted by molar-refractivity contribution is 5.79. The number of nitriles is 3. The molecule has 2 aromatic carbocycles. The third-order valence-electron chi connectivity index (χ3n) is 4.26. The first-order chi connectivity index (χ1) is 12.7. The molecule has 124 valence electrons. The van der Waals surface area contributed by atoms with Gasteiger partial charge in [0, 0.05) is 0 Å². The number of benzene rings is 2. The maximum absolute atomic E-state index is 9.78. The summed E-state index contributed by atoms with van der Waals surface area (Å²) in [6, 6.07) is 23.5. The lowest BCUT2D eigenvalue weighted by Crippen LogP contribution is -2.31. The lowest BCUT2D eigenvalue weighted by atomic mass is 9.76. The summed E-state index contributed by atoms with van der Waals surface area (Å²) in [4.78, 5) is 0. The maximum atomic E-state index is 9.78. The van der Waals surface area contributed by atoms with Crippen molar-refractivity contribution in [1.29, 1.82) is 15.8 Å².